The number of hydrogen-bond donors (Lipinski definition) is 1. The van der Waals surface area contributed by atoms with Gasteiger partial charge in [0.15, 0.2) is 0 Å². The molecule has 23 heavy (non-hydrogen) atoms. The van der Waals surface area contributed by atoms with Gasteiger partial charge in [0.05, 0.1) is 19.4 Å². The van der Waals surface area contributed by atoms with Crippen molar-refractivity contribution in [3.8, 4) is 0 Å². The molecule has 1 N–H and O–H groups in total. The Hall–Kier alpha value is -2.51. The average Bonchev–Trinajstić information content (AvgIpc) is 3.02. The van der Waals surface area contributed by atoms with Gasteiger partial charge in [-0.15, -0.1) is 0 Å². The van der Waals surface area contributed by atoms with E-state index in [2.05, 4.69) is 10.4 Å². The highest BCUT2D eigenvalue weighted by atomic mass is 16.8. The summed E-state index contributed by atoms with van der Waals surface area (Å²) in [6.07, 6.45) is 6.55. The minimum atomic E-state index is -0.398. The number of hydrazine groups is 1. The van der Waals surface area contributed by atoms with Gasteiger partial charge in [-0.05, 0) is 30.7 Å². The van der Waals surface area contributed by atoms with Crippen LogP contribution in [0, 0.1) is 10.4 Å². The summed E-state index contributed by atoms with van der Waals surface area (Å²) >= 11 is 0. The Labute approximate surface area is 133 Å². The Kier molecular flexibility index (Phi) is 4.50. The number of nitrogens with one attached hydrogen (secondary N) is 1. The SMILES string of the molecule is CC1=CC(=[N+]([O-])[O-])C=CC1=c1ccc(=CNN2CCOCC2)o1. The smallest absolute Gasteiger partial charge is 0.222 e. The summed E-state index contributed by atoms with van der Waals surface area (Å²) in [5.41, 5.74) is 6.31. The standard InChI is InChI=1S/C16H18N3O4/c1-12-10-13(19(20)21)2-4-15(12)16-5-3-14(23-16)11-17-18-6-8-22-9-7-18/h2-5,10-11,17H,6-9H2,1H3/q-1. The second-order valence-corrected chi connectivity index (χ2v) is 5.33. The van der Waals surface area contributed by atoms with Gasteiger partial charge in [-0.1, -0.05) is 0 Å². The van der Waals surface area contributed by atoms with Crippen molar-refractivity contribution in [3.05, 3.63) is 57.2 Å². The molecule has 0 radical (unpaired) electrons. The van der Waals surface area contributed by atoms with Gasteiger partial charge in [0.25, 0.3) is 0 Å². The minimum Gasteiger partial charge on any atom is -0.612 e. The van der Waals surface area contributed by atoms with Gasteiger partial charge < -0.3 is 25.0 Å². The van der Waals surface area contributed by atoms with Crippen LogP contribution < -0.4 is 16.3 Å². The fourth-order valence-electron chi connectivity index (χ4n) is 2.46. The van der Waals surface area contributed by atoms with Crippen molar-refractivity contribution in [1.29, 1.82) is 0 Å². The van der Waals surface area contributed by atoms with E-state index in [1.807, 2.05) is 19.1 Å². The van der Waals surface area contributed by atoms with Crippen molar-refractivity contribution in [2.24, 2.45) is 0 Å². The highest BCUT2D eigenvalue weighted by molar-refractivity contribution is 6.06. The maximum atomic E-state index is 10.8. The summed E-state index contributed by atoms with van der Waals surface area (Å²) in [6, 6.07) is 3.73. The highest BCUT2D eigenvalue weighted by Gasteiger charge is 2.11. The Morgan fingerprint density at radius 3 is 2.70 bits per heavy atom. The molecule has 1 saturated heterocycles. The van der Waals surface area contributed by atoms with E-state index in [0.717, 1.165) is 24.2 Å². The zero-order chi connectivity index (χ0) is 16.2. The zero-order valence-electron chi connectivity index (χ0n) is 12.8. The molecule has 7 heteroatoms. The number of nitrogens with zero attached hydrogens (tertiary/aromatic N) is 2. The Bertz CT molecular complexity index is 778. The van der Waals surface area contributed by atoms with E-state index in [4.69, 9.17) is 9.15 Å². The second-order valence-electron chi connectivity index (χ2n) is 5.33. The van der Waals surface area contributed by atoms with Gasteiger partial charge in [0, 0.05) is 30.8 Å². The highest BCUT2D eigenvalue weighted by Crippen LogP contribution is 2.15. The lowest BCUT2D eigenvalue weighted by atomic mass is 10.0. The molecule has 2 aliphatic rings. The molecular formula is C16H18N3O4-. The van der Waals surface area contributed by atoms with Crippen LogP contribution >= 0.6 is 0 Å². The summed E-state index contributed by atoms with van der Waals surface area (Å²) in [5, 5.41) is 23.7. The normalized spacial score (nSPS) is 22.2. The molecule has 1 aliphatic heterocycles. The molecule has 2 heterocycles. The molecule has 1 aliphatic carbocycles. The molecule has 7 nitrogen and oxygen atoms in total. The first kappa shape index (κ1) is 15.4. The summed E-state index contributed by atoms with van der Waals surface area (Å²) in [6.45, 7) is 4.91. The van der Waals surface area contributed by atoms with E-state index < -0.39 is 4.90 Å². The first-order chi connectivity index (χ1) is 11.1. The third-order valence-electron chi connectivity index (χ3n) is 3.71. The van der Waals surface area contributed by atoms with E-state index in [9.17, 15) is 10.4 Å². The number of furan rings is 1. The Morgan fingerprint density at radius 1 is 1.22 bits per heavy atom. The number of rotatable bonds is 2. The van der Waals surface area contributed by atoms with Gasteiger partial charge in [-0.2, -0.15) is 4.90 Å². The summed E-state index contributed by atoms with van der Waals surface area (Å²) in [7, 11) is 0. The Morgan fingerprint density at radius 2 is 2.00 bits per heavy atom. The fraction of sp³-hybridized carbons (Fsp3) is 0.312. The molecule has 1 fully saturated rings. The quantitative estimate of drug-likeness (QED) is 0.609. The second kappa shape index (κ2) is 6.72. The lowest BCUT2D eigenvalue weighted by molar-refractivity contribution is -0.377. The van der Waals surface area contributed by atoms with Crippen molar-refractivity contribution in [2.75, 3.05) is 26.3 Å². The molecule has 122 valence electrons. The molecule has 0 saturated carbocycles. The van der Waals surface area contributed by atoms with E-state index in [0.29, 0.717) is 24.0 Å². The maximum absolute atomic E-state index is 10.8. The predicted molar refractivity (Wildman–Crippen MR) is 86.3 cm³/mol. The summed E-state index contributed by atoms with van der Waals surface area (Å²) < 4.78 is 11.1. The maximum Gasteiger partial charge on any atom is 0.222 e. The van der Waals surface area contributed by atoms with Gasteiger partial charge in [0.2, 0.25) is 5.71 Å². The molecule has 1 aromatic rings. The molecule has 0 amide bonds. The van der Waals surface area contributed by atoms with Gasteiger partial charge in [-0.25, -0.2) is 5.01 Å². The van der Waals surface area contributed by atoms with Crippen molar-refractivity contribution in [3.63, 3.8) is 0 Å². The molecule has 0 spiro atoms. The van der Waals surface area contributed by atoms with Crippen molar-refractivity contribution in [2.45, 2.75) is 6.92 Å². The lowest BCUT2D eigenvalue weighted by Crippen LogP contribution is -2.43. The molecule has 0 bridgehead atoms. The zero-order valence-corrected chi connectivity index (χ0v) is 12.8. The first-order valence-electron chi connectivity index (χ1n) is 7.41. The average molecular weight is 316 g/mol. The van der Waals surface area contributed by atoms with Crippen LogP contribution in [-0.2, 0) is 4.74 Å². The van der Waals surface area contributed by atoms with Gasteiger partial charge >= 0.3 is 0 Å². The number of allylic oxidation sites excluding steroid dienone is 4. The largest absolute Gasteiger partial charge is 0.612 e. The van der Waals surface area contributed by atoms with E-state index in [1.165, 1.54) is 6.08 Å². The number of hydrogen-bond acceptors (Lipinski definition) is 6. The van der Waals surface area contributed by atoms with Crippen molar-refractivity contribution >= 4 is 17.5 Å². The Balaban J connectivity index is 1.83. The van der Waals surface area contributed by atoms with E-state index in [-0.39, 0.29) is 5.71 Å². The van der Waals surface area contributed by atoms with Crippen LogP contribution in [0.5, 0.6) is 0 Å². The molecule has 1 aromatic heterocycles. The van der Waals surface area contributed by atoms with Crippen LogP contribution in [0.2, 0.25) is 0 Å². The summed E-state index contributed by atoms with van der Waals surface area (Å²) in [5.74, 6) is 0. The molecule has 0 aromatic carbocycles. The topological polar surface area (TPSA) is 86.8 Å². The van der Waals surface area contributed by atoms with Crippen LogP contribution in [0.15, 0.2) is 40.4 Å². The third-order valence-corrected chi connectivity index (χ3v) is 3.71. The van der Waals surface area contributed by atoms with Gasteiger partial charge in [0.1, 0.15) is 10.8 Å². The van der Waals surface area contributed by atoms with Crippen LogP contribution in [0.25, 0.3) is 11.8 Å². The fourth-order valence-corrected chi connectivity index (χ4v) is 2.46. The predicted octanol–water partition coefficient (Wildman–Crippen LogP) is -0.0297. The van der Waals surface area contributed by atoms with Crippen LogP contribution in [-0.4, -0.2) is 41.9 Å². The number of morpholine rings is 1. The van der Waals surface area contributed by atoms with Crippen LogP contribution in [0.3, 0.4) is 0 Å². The van der Waals surface area contributed by atoms with Crippen molar-refractivity contribution in [1.82, 2.24) is 10.4 Å². The number of ether oxygens (including phenoxy) is 1. The molecule has 0 atom stereocenters. The monoisotopic (exact) mass is 316 g/mol. The lowest BCUT2D eigenvalue weighted by Gasteiger charge is -2.25. The first-order valence-corrected chi connectivity index (χ1v) is 7.41. The molecule has 3 rings (SSSR count). The van der Waals surface area contributed by atoms with Crippen LogP contribution in [0.1, 0.15) is 6.92 Å². The van der Waals surface area contributed by atoms with E-state index >= 15 is 0 Å². The van der Waals surface area contributed by atoms with Crippen LogP contribution in [0.4, 0.5) is 0 Å². The van der Waals surface area contributed by atoms with E-state index in [1.54, 1.807) is 18.4 Å². The summed E-state index contributed by atoms with van der Waals surface area (Å²) in [4.78, 5) is -0.398. The molecule has 0 unspecified atom stereocenters. The third kappa shape index (κ3) is 3.64. The van der Waals surface area contributed by atoms with Crippen molar-refractivity contribution < 1.29 is 14.1 Å². The molecular weight excluding hydrogens is 298 g/mol. The minimum absolute atomic E-state index is 0.0820. The van der Waals surface area contributed by atoms with Gasteiger partial charge in [-0.3, -0.25) is 0 Å².